The first-order valence-corrected chi connectivity index (χ1v) is 19.9. The SMILES string of the molecule is [2H]CC1OC(N2C=CC(=O)CC2=O)C(F)C1OP(OCCc1ccccc1CSSC(C)(C)CCC(=O)CCC#C)N(C(C)C)C(C)C.[3H]OC. The lowest BCUT2D eigenvalue weighted by Crippen LogP contribution is -2.45. The van der Waals surface area contributed by atoms with Crippen molar-refractivity contribution in [2.45, 2.75) is 134 Å². The fourth-order valence-electron chi connectivity index (χ4n) is 5.29. The molecule has 49 heavy (non-hydrogen) atoms. The summed E-state index contributed by atoms with van der Waals surface area (Å²) in [5, 5.41) is 3.50. The normalized spacial score (nSPS) is 22.2. The highest BCUT2D eigenvalue weighted by molar-refractivity contribution is 8.76. The van der Waals surface area contributed by atoms with E-state index in [4.69, 9.17) is 23.0 Å². The van der Waals surface area contributed by atoms with Gasteiger partial charge in [-0.3, -0.25) is 19.3 Å². The van der Waals surface area contributed by atoms with E-state index in [2.05, 4.69) is 41.7 Å². The van der Waals surface area contributed by atoms with Gasteiger partial charge < -0.3 is 18.9 Å². The van der Waals surface area contributed by atoms with Crippen LogP contribution in [0, 0.1) is 12.3 Å². The molecule has 1 aromatic rings. The molecule has 9 nitrogen and oxygen atoms in total. The van der Waals surface area contributed by atoms with Crippen LogP contribution in [0.4, 0.5) is 4.39 Å². The summed E-state index contributed by atoms with van der Waals surface area (Å²) in [4.78, 5) is 37.4. The van der Waals surface area contributed by atoms with E-state index >= 15 is 4.39 Å². The zero-order chi connectivity index (χ0) is 38.1. The molecule has 0 aliphatic carbocycles. The maximum atomic E-state index is 16.0. The maximum absolute atomic E-state index is 16.0. The van der Waals surface area contributed by atoms with E-state index in [1.807, 2.05) is 39.8 Å². The summed E-state index contributed by atoms with van der Waals surface area (Å²) in [6.45, 7) is 12.5. The predicted molar refractivity (Wildman–Crippen MR) is 198 cm³/mol. The minimum atomic E-state index is -1.77. The Kier molecular flexibility index (Phi) is 17.6. The molecule has 2 aliphatic rings. The van der Waals surface area contributed by atoms with Gasteiger partial charge in [-0.25, -0.2) is 9.06 Å². The van der Waals surface area contributed by atoms with Crippen molar-refractivity contribution in [1.29, 1.82) is 1.43 Å². The van der Waals surface area contributed by atoms with Crippen molar-refractivity contribution < 1.29 is 39.0 Å². The standard InChI is InChI=1S/C35H50FN2O6PS2.CH4O/c1-9-10-15-29(39)16-19-35(7,8)47-46-23-28-14-12-11-13-27(28)18-21-42-45(38(24(2)3)25(4)5)44-33-26(6)43-34(32(33)36)37-20-17-30(40)22-31(37)41;1-2/h1,11-14,17,20,24-26,32-34H,10,15-16,18-19,21-23H2,2-8H3;2H,1H3/i6D;2T. The van der Waals surface area contributed by atoms with Crippen LogP contribution in [0.5, 0.6) is 0 Å². The van der Waals surface area contributed by atoms with Crippen molar-refractivity contribution in [3.05, 3.63) is 47.7 Å². The first-order chi connectivity index (χ1) is 24.2. The number of hydrogen-bond acceptors (Lipinski definition) is 10. The number of aliphatic hydroxyl groups is 1. The number of carbonyl (C=O) groups is 3. The van der Waals surface area contributed by atoms with Crippen LogP contribution in [0.15, 0.2) is 36.5 Å². The number of alkyl halides is 1. The van der Waals surface area contributed by atoms with Gasteiger partial charge in [0.2, 0.25) is 7.34 Å². The molecule has 0 spiro atoms. The zero-order valence-corrected chi connectivity index (χ0v) is 32.3. The lowest BCUT2D eigenvalue weighted by atomic mass is 10.0. The van der Waals surface area contributed by atoms with Crippen molar-refractivity contribution in [2.75, 3.05) is 13.7 Å². The van der Waals surface area contributed by atoms with Gasteiger partial charge in [-0.1, -0.05) is 45.9 Å². The van der Waals surface area contributed by atoms with E-state index in [1.54, 1.807) is 21.6 Å². The molecule has 0 aromatic heterocycles. The van der Waals surface area contributed by atoms with E-state index < -0.39 is 39.0 Å². The molecule has 1 fully saturated rings. The quantitative estimate of drug-likeness (QED) is 0.0667. The lowest BCUT2D eigenvalue weighted by Gasteiger charge is -2.37. The van der Waals surface area contributed by atoms with Crippen LogP contribution < -0.4 is 0 Å². The van der Waals surface area contributed by atoms with Gasteiger partial charge >= 0.3 is 0 Å². The zero-order valence-electron chi connectivity index (χ0n) is 31.8. The number of rotatable bonds is 19. The molecule has 5 atom stereocenters. The van der Waals surface area contributed by atoms with Gasteiger partial charge in [0.25, 0.3) is 8.53 Å². The molecule has 274 valence electrons. The molecule has 3 rings (SSSR count). The minimum Gasteiger partial charge on any atom is -0.400 e. The topological polar surface area (TPSA) is 106 Å². The third-order valence-corrected chi connectivity index (χ3v) is 13.2. The highest BCUT2D eigenvalue weighted by Gasteiger charge is 2.50. The Balaban J connectivity index is 0.00000290. The summed E-state index contributed by atoms with van der Waals surface area (Å²) >= 11 is 0. The van der Waals surface area contributed by atoms with E-state index in [1.165, 1.54) is 24.9 Å². The van der Waals surface area contributed by atoms with Gasteiger partial charge in [0, 0.05) is 56.5 Å². The Morgan fingerprint density at radius 3 is 2.57 bits per heavy atom. The smallest absolute Gasteiger partial charge is 0.259 e. The number of aliphatic hydroxyl groups excluding tert-OH is 1. The second-order valence-corrected chi connectivity index (χ2v) is 17.3. The van der Waals surface area contributed by atoms with Gasteiger partial charge in [-0.2, -0.15) is 0 Å². The van der Waals surface area contributed by atoms with Crippen LogP contribution in [0.2, 0.25) is 0 Å². The third-order valence-electron chi connectivity index (χ3n) is 7.78. The summed E-state index contributed by atoms with van der Waals surface area (Å²) in [7, 11) is 3.07. The number of halogens is 1. The number of ketones is 2. The van der Waals surface area contributed by atoms with Crippen LogP contribution >= 0.6 is 30.1 Å². The molecule has 0 bridgehead atoms. The van der Waals surface area contributed by atoms with Gasteiger partial charge in [-0.05, 0) is 78.5 Å². The van der Waals surface area contributed by atoms with E-state index in [0.29, 0.717) is 32.3 Å². The van der Waals surface area contributed by atoms with Gasteiger partial charge in [0.05, 0.1) is 19.1 Å². The molecule has 2 heterocycles. The Morgan fingerprint density at radius 1 is 1.29 bits per heavy atom. The largest absolute Gasteiger partial charge is 0.400 e. The number of terminal acetylenes is 1. The summed E-state index contributed by atoms with van der Waals surface area (Å²) in [6.07, 6.45) is 5.21. The highest BCUT2D eigenvalue weighted by atomic mass is 33.1. The Hall–Kier alpha value is -1.81. The second-order valence-electron chi connectivity index (χ2n) is 12.8. The van der Waals surface area contributed by atoms with Crippen LogP contribution in [0.25, 0.3) is 0 Å². The van der Waals surface area contributed by atoms with Crippen molar-refractivity contribution in [2.24, 2.45) is 0 Å². The Morgan fingerprint density at radius 2 is 1.96 bits per heavy atom. The molecular weight excluding hydrogens is 687 g/mol. The van der Waals surface area contributed by atoms with Crippen molar-refractivity contribution in [1.82, 2.24) is 9.57 Å². The van der Waals surface area contributed by atoms with Crippen molar-refractivity contribution in [3.8, 4) is 12.3 Å². The summed E-state index contributed by atoms with van der Waals surface area (Å²) in [5.74, 6) is 2.63. The number of benzene rings is 1. The predicted octanol–water partition coefficient (Wildman–Crippen LogP) is 7.41. The molecule has 1 aromatic carbocycles. The lowest BCUT2D eigenvalue weighted by molar-refractivity contribution is -0.145. The van der Waals surface area contributed by atoms with Crippen LogP contribution in [-0.2, 0) is 40.3 Å². The van der Waals surface area contributed by atoms with Crippen LogP contribution in [0.3, 0.4) is 0 Å². The molecule has 1 amide bonds. The summed E-state index contributed by atoms with van der Waals surface area (Å²) < 4.78 is 50.4. The van der Waals surface area contributed by atoms with Crippen molar-refractivity contribution in [3.63, 3.8) is 0 Å². The van der Waals surface area contributed by atoms with Gasteiger partial charge in [0.15, 0.2) is 18.2 Å². The minimum absolute atomic E-state index is 0.0241. The number of nitrogens with zero attached hydrogens (tertiary/aromatic N) is 2. The molecule has 1 saturated heterocycles. The van der Waals surface area contributed by atoms with Crippen LogP contribution in [-0.4, -0.2) is 88.7 Å². The second kappa shape index (κ2) is 21.5. The number of amides is 1. The number of carbonyl (C=O) groups excluding carboxylic acids is 3. The first kappa shape index (κ1) is 40.0. The number of allylic oxidation sites excluding steroid dienone is 1. The monoisotopic (exact) mass is 743 g/mol. The fourth-order valence-corrected chi connectivity index (χ4v) is 9.79. The number of ether oxygens (including phenoxy) is 1. The third kappa shape index (κ3) is 13.7. The molecule has 5 unspecified atom stereocenters. The molecule has 2 aliphatic heterocycles. The van der Waals surface area contributed by atoms with Gasteiger partial charge in [0.1, 0.15) is 11.9 Å². The van der Waals surface area contributed by atoms with E-state index in [9.17, 15) is 14.4 Å². The first-order valence-electron chi connectivity index (χ1n) is 17.6. The Bertz CT molecular complexity index is 1330. The average molecular weight is 744 g/mol. The van der Waals surface area contributed by atoms with Crippen LogP contribution in [0.1, 0.15) is 93.0 Å². The number of hydrogen-bond donors (Lipinski definition) is 1. The molecule has 0 saturated carbocycles. The highest BCUT2D eigenvalue weighted by Crippen LogP contribution is 2.50. The fraction of sp³-hybridized carbons (Fsp3) is 0.639. The van der Waals surface area contributed by atoms with Crippen molar-refractivity contribution >= 4 is 47.6 Å². The molecule has 13 heteroatoms. The molecular formula is C36H54FN2O7PS2. The molecule has 1 N–H and O–H groups in total. The molecule has 0 radical (unpaired) electrons. The van der Waals surface area contributed by atoms with Gasteiger partial charge in [-0.15, -0.1) is 12.3 Å². The summed E-state index contributed by atoms with van der Waals surface area (Å²) in [6, 6.07) is 8.27. The maximum Gasteiger partial charge on any atom is 0.259 e. The summed E-state index contributed by atoms with van der Waals surface area (Å²) in [5.41, 5.74) is 2.34. The average Bonchev–Trinajstić information content (AvgIpc) is 3.37. The van der Waals surface area contributed by atoms with E-state index in [-0.39, 0.29) is 41.7 Å². The Labute approximate surface area is 304 Å². The van der Waals surface area contributed by atoms with E-state index in [0.717, 1.165) is 22.6 Å². The number of Topliss-reactive ketones (excluding diaryl/α,β-unsaturated/α-hetero) is 1.